The molecule has 20 heavy (non-hydrogen) atoms. The Morgan fingerprint density at radius 2 is 2.20 bits per heavy atom. The first-order chi connectivity index (χ1) is 9.63. The number of amides is 1. The molecule has 0 spiro atoms. The van der Waals surface area contributed by atoms with E-state index in [1.165, 1.54) is 17.0 Å². The largest absolute Gasteiger partial charge is 0.298 e. The van der Waals surface area contributed by atoms with Gasteiger partial charge in [0.2, 0.25) is 0 Å². The van der Waals surface area contributed by atoms with Crippen LogP contribution in [0.4, 0.5) is 5.13 Å². The van der Waals surface area contributed by atoms with Crippen LogP contribution in [0.25, 0.3) is 0 Å². The van der Waals surface area contributed by atoms with Crippen LogP contribution in [-0.4, -0.2) is 10.9 Å². The van der Waals surface area contributed by atoms with E-state index in [0.29, 0.717) is 5.56 Å². The number of aromatic nitrogens is 1. The smallest absolute Gasteiger partial charge is 0.257 e. The third-order valence-electron chi connectivity index (χ3n) is 3.80. The molecule has 1 aliphatic carbocycles. The Kier molecular flexibility index (Phi) is 3.57. The Labute approximate surface area is 123 Å². The van der Waals surface area contributed by atoms with Crippen molar-refractivity contribution in [1.29, 1.82) is 0 Å². The van der Waals surface area contributed by atoms with Gasteiger partial charge in [-0.3, -0.25) is 10.1 Å². The van der Waals surface area contributed by atoms with Gasteiger partial charge in [-0.05, 0) is 43.7 Å². The van der Waals surface area contributed by atoms with Crippen LogP contribution >= 0.6 is 11.3 Å². The van der Waals surface area contributed by atoms with Crippen molar-refractivity contribution in [1.82, 2.24) is 4.98 Å². The van der Waals surface area contributed by atoms with Crippen LogP contribution in [0.15, 0.2) is 24.3 Å². The van der Waals surface area contributed by atoms with Crippen LogP contribution in [0, 0.1) is 12.8 Å². The number of benzene rings is 1. The number of rotatable bonds is 2. The van der Waals surface area contributed by atoms with Gasteiger partial charge in [-0.15, -0.1) is 11.3 Å². The number of thiazole rings is 1. The van der Waals surface area contributed by atoms with Gasteiger partial charge in [0.25, 0.3) is 5.91 Å². The molecule has 104 valence electrons. The van der Waals surface area contributed by atoms with Crippen LogP contribution in [0.2, 0.25) is 0 Å². The highest BCUT2D eigenvalue weighted by atomic mass is 32.1. The fourth-order valence-electron chi connectivity index (χ4n) is 2.59. The van der Waals surface area contributed by atoms with Crippen molar-refractivity contribution in [3.63, 3.8) is 0 Å². The minimum absolute atomic E-state index is 0.0674. The molecule has 0 fully saturated rings. The van der Waals surface area contributed by atoms with Gasteiger partial charge in [-0.1, -0.05) is 25.1 Å². The van der Waals surface area contributed by atoms with Crippen molar-refractivity contribution in [3.05, 3.63) is 46.0 Å². The van der Waals surface area contributed by atoms with Gasteiger partial charge in [-0.2, -0.15) is 0 Å². The maximum Gasteiger partial charge on any atom is 0.257 e. The van der Waals surface area contributed by atoms with E-state index in [2.05, 4.69) is 17.2 Å². The first kappa shape index (κ1) is 13.3. The summed E-state index contributed by atoms with van der Waals surface area (Å²) in [6.07, 6.45) is 3.32. The molecule has 1 N–H and O–H groups in total. The van der Waals surface area contributed by atoms with E-state index in [0.717, 1.165) is 29.5 Å². The highest BCUT2D eigenvalue weighted by molar-refractivity contribution is 7.15. The van der Waals surface area contributed by atoms with Crippen LogP contribution < -0.4 is 5.32 Å². The third kappa shape index (κ3) is 2.61. The number of hydrogen-bond acceptors (Lipinski definition) is 3. The van der Waals surface area contributed by atoms with Crippen LogP contribution in [0.5, 0.6) is 0 Å². The highest BCUT2D eigenvalue weighted by Gasteiger charge is 2.20. The Bertz CT molecular complexity index is 648. The number of carbonyl (C=O) groups is 1. The molecule has 3 nitrogen and oxygen atoms in total. The first-order valence-electron chi connectivity index (χ1n) is 6.99. The minimum atomic E-state index is -0.0674. The van der Waals surface area contributed by atoms with E-state index in [1.54, 1.807) is 11.3 Å². The lowest BCUT2D eigenvalue weighted by molar-refractivity contribution is 0.102. The Morgan fingerprint density at radius 1 is 1.40 bits per heavy atom. The van der Waals surface area contributed by atoms with Gasteiger partial charge in [0.1, 0.15) is 0 Å². The molecule has 0 saturated heterocycles. The number of anilines is 1. The molecule has 0 saturated carbocycles. The molecular weight excluding hydrogens is 268 g/mol. The second kappa shape index (κ2) is 5.37. The number of carbonyl (C=O) groups excluding carboxylic acids is 1. The van der Waals surface area contributed by atoms with Crippen LogP contribution in [0.1, 0.15) is 39.8 Å². The SMILES string of the molecule is Cc1ccccc1C(=O)Nc1nc2c(s1)CC(C)CC2. The summed E-state index contributed by atoms with van der Waals surface area (Å²) < 4.78 is 0. The van der Waals surface area contributed by atoms with E-state index in [4.69, 9.17) is 0 Å². The molecule has 1 heterocycles. The molecule has 3 rings (SSSR count). The zero-order chi connectivity index (χ0) is 14.1. The van der Waals surface area contributed by atoms with E-state index in [1.807, 2.05) is 31.2 Å². The van der Waals surface area contributed by atoms with Crippen LogP contribution in [0.3, 0.4) is 0 Å². The normalized spacial score (nSPS) is 17.6. The molecule has 1 aliphatic rings. The van der Waals surface area contributed by atoms with Gasteiger partial charge in [-0.25, -0.2) is 4.98 Å². The van der Waals surface area contributed by atoms with Crippen molar-refractivity contribution in [2.75, 3.05) is 5.32 Å². The molecular formula is C16H18N2OS. The summed E-state index contributed by atoms with van der Waals surface area (Å²) in [4.78, 5) is 18.2. The molecule has 0 bridgehead atoms. The standard InChI is InChI=1S/C16H18N2OS/c1-10-7-8-13-14(9-10)20-16(17-13)18-15(19)12-6-4-3-5-11(12)2/h3-6,10H,7-9H2,1-2H3,(H,17,18,19). The minimum Gasteiger partial charge on any atom is -0.298 e. The van der Waals surface area contributed by atoms with Gasteiger partial charge >= 0.3 is 0 Å². The molecule has 1 aromatic heterocycles. The molecule has 4 heteroatoms. The van der Waals surface area contributed by atoms with E-state index >= 15 is 0 Å². The predicted molar refractivity (Wildman–Crippen MR) is 82.4 cm³/mol. The van der Waals surface area contributed by atoms with Gasteiger partial charge < -0.3 is 0 Å². The van der Waals surface area contributed by atoms with Crippen molar-refractivity contribution < 1.29 is 4.79 Å². The summed E-state index contributed by atoms with van der Waals surface area (Å²) in [6.45, 7) is 4.22. The Morgan fingerprint density at radius 3 is 3.00 bits per heavy atom. The predicted octanol–water partition coefficient (Wildman–Crippen LogP) is 3.83. The van der Waals surface area contributed by atoms with Gasteiger partial charge in [0, 0.05) is 10.4 Å². The summed E-state index contributed by atoms with van der Waals surface area (Å²) in [5.74, 6) is 0.658. The van der Waals surface area contributed by atoms with E-state index in [-0.39, 0.29) is 5.91 Å². The lowest BCUT2D eigenvalue weighted by Crippen LogP contribution is -2.13. The summed E-state index contributed by atoms with van der Waals surface area (Å²) in [7, 11) is 0. The summed E-state index contributed by atoms with van der Waals surface area (Å²) in [6, 6.07) is 7.62. The summed E-state index contributed by atoms with van der Waals surface area (Å²) in [5, 5.41) is 3.67. The average Bonchev–Trinajstić information content (AvgIpc) is 2.80. The zero-order valence-corrected chi connectivity index (χ0v) is 12.6. The summed E-state index contributed by atoms with van der Waals surface area (Å²) in [5.41, 5.74) is 2.88. The maximum atomic E-state index is 12.3. The molecule has 1 amide bonds. The molecule has 0 radical (unpaired) electrons. The fraction of sp³-hybridized carbons (Fsp3) is 0.375. The quantitative estimate of drug-likeness (QED) is 0.911. The second-order valence-corrected chi connectivity index (χ2v) is 6.59. The first-order valence-corrected chi connectivity index (χ1v) is 7.80. The Hall–Kier alpha value is -1.68. The monoisotopic (exact) mass is 286 g/mol. The number of nitrogens with zero attached hydrogens (tertiary/aromatic N) is 1. The van der Waals surface area contributed by atoms with Gasteiger partial charge in [0.15, 0.2) is 5.13 Å². The lowest BCUT2D eigenvalue weighted by atomic mass is 9.93. The number of aryl methyl sites for hydroxylation is 2. The number of fused-ring (bicyclic) bond motifs is 1. The Balaban J connectivity index is 1.79. The van der Waals surface area contributed by atoms with Crippen molar-refractivity contribution >= 4 is 22.4 Å². The molecule has 1 atom stereocenters. The molecule has 1 unspecified atom stereocenters. The highest BCUT2D eigenvalue weighted by Crippen LogP contribution is 2.32. The molecule has 2 aromatic rings. The molecule has 0 aliphatic heterocycles. The fourth-order valence-corrected chi connectivity index (χ4v) is 3.75. The van der Waals surface area contributed by atoms with E-state index < -0.39 is 0 Å². The second-order valence-electron chi connectivity index (χ2n) is 5.51. The van der Waals surface area contributed by atoms with Crippen LogP contribution in [-0.2, 0) is 12.8 Å². The van der Waals surface area contributed by atoms with Crippen molar-refractivity contribution in [2.24, 2.45) is 5.92 Å². The third-order valence-corrected chi connectivity index (χ3v) is 4.83. The summed E-state index contributed by atoms with van der Waals surface area (Å²) >= 11 is 1.62. The number of hydrogen-bond donors (Lipinski definition) is 1. The maximum absolute atomic E-state index is 12.3. The van der Waals surface area contributed by atoms with E-state index in [9.17, 15) is 4.79 Å². The number of nitrogens with one attached hydrogen (secondary N) is 1. The average molecular weight is 286 g/mol. The van der Waals surface area contributed by atoms with Gasteiger partial charge in [0.05, 0.1) is 5.69 Å². The van der Waals surface area contributed by atoms with Crippen molar-refractivity contribution in [2.45, 2.75) is 33.1 Å². The topological polar surface area (TPSA) is 42.0 Å². The zero-order valence-electron chi connectivity index (χ0n) is 11.8. The lowest BCUT2D eigenvalue weighted by Gasteiger charge is -2.15. The van der Waals surface area contributed by atoms with Crippen molar-refractivity contribution in [3.8, 4) is 0 Å². The molecule has 1 aromatic carbocycles.